The topological polar surface area (TPSA) is 50.4 Å². The molecule has 1 amide bonds. The lowest BCUT2D eigenvalue weighted by atomic mass is 10.2. The SMILES string of the molecule is O=C(NC(=S)Nc1ccc(Oc2ccc(Cl)cc2)cc1)c1ccccc1Br. The van der Waals surface area contributed by atoms with Crippen LogP contribution in [-0.2, 0) is 0 Å². The Bertz CT molecular complexity index is 962. The van der Waals surface area contributed by atoms with Gasteiger partial charge in [0.25, 0.3) is 5.91 Å². The Morgan fingerprint density at radius 2 is 1.52 bits per heavy atom. The van der Waals surface area contributed by atoms with Crippen LogP contribution in [0.3, 0.4) is 0 Å². The van der Waals surface area contributed by atoms with Gasteiger partial charge >= 0.3 is 0 Å². The molecule has 2 N–H and O–H groups in total. The molecule has 0 fully saturated rings. The van der Waals surface area contributed by atoms with Crippen molar-refractivity contribution in [1.82, 2.24) is 5.32 Å². The molecule has 4 nitrogen and oxygen atoms in total. The van der Waals surface area contributed by atoms with Crippen LogP contribution >= 0.6 is 39.7 Å². The zero-order valence-electron chi connectivity index (χ0n) is 13.9. The fourth-order valence-corrected chi connectivity index (χ4v) is 3.02. The standard InChI is InChI=1S/C20H14BrClN2O2S/c21-18-4-2-1-3-17(18)19(25)24-20(27)23-14-7-11-16(12-8-14)26-15-9-5-13(22)6-10-15/h1-12H,(H2,23,24,25,27). The third kappa shape index (κ3) is 5.53. The highest BCUT2D eigenvalue weighted by Crippen LogP contribution is 2.24. The quantitative estimate of drug-likeness (QED) is 0.466. The summed E-state index contributed by atoms with van der Waals surface area (Å²) in [6.45, 7) is 0. The van der Waals surface area contributed by atoms with E-state index in [4.69, 9.17) is 28.6 Å². The summed E-state index contributed by atoms with van der Waals surface area (Å²) in [6, 6.07) is 21.5. The first kappa shape index (κ1) is 19.4. The molecule has 3 aromatic carbocycles. The van der Waals surface area contributed by atoms with Gasteiger partial charge in [-0.3, -0.25) is 10.1 Å². The summed E-state index contributed by atoms with van der Waals surface area (Å²) in [5.74, 6) is 1.07. The van der Waals surface area contributed by atoms with E-state index in [1.165, 1.54) is 0 Å². The van der Waals surface area contributed by atoms with Crippen LogP contribution in [0.5, 0.6) is 11.5 Å². The number of ether oxygens (including phenoxy) is 1. The number of carbonyl (C=O) groups excluding carboxylic acids is 1. The van der Waals surface area contributed by atoms with Gasteiger partial charge in [-0.15, -0.1) is 0 Å². The molecule has 0 saturated carbocycles. The molecule has 3 aromatic rings. The molecule has 7 heteroatoms. The van der Waals surface area contributed by atoms with Gasteiger partial charge in [0.2, 0.25) is 0 Å². The first-order valence-corrected chi connectivity index (χ1v) is 9.49. The van der Waals surface area contributed by atoms with Gasteiger partial charge < -0.3 is 10.1 Å². The van der Waals surface area contributed by atoms with Gasteiger partial charge in [-0.2, -0.15) is 0 Å². The van der Waals surface area contributed by atoms with Crippen molar-refractivity contribution in [2.24, 2.45) is 0 Å². The van der Waals surface area contributed by atoms with Crippen LogP contribution < -0.4 is 15.4 Å². The molecule has 0 aromatic heterocycles. The van der Waals surface area contributed by atoms with Crippen molar-refractivity contribution in [3.8, 4) is 11.5 Å². The number of benzene rings is 3. The second-order valence-corrected chi connectivity index (χ2v) is 7.17. The summed E-state index contributed by atoms with van der Waals surface area (Å²) in [5.41, 5.74) is 1.24. The summed E-state index contributed by atoms with van der Waals surface area (Å²) in [6.07, 6.45) is 0. The molecular formula is C20H14BrClN2O2S. The largest absolute Gasteiger partial charge is 0.457 e. The predicted molar refractivity (Wildman–Crippen MR) is 116 cm³/mol. The lowest BCUT2D eigenvalue weighted by Gasteiger charge is -2.11. The summed E-state index contributed by atoms with van der Waals surface area (Å²) >= 11 is 14.4. The monoisotopic (exact) mass is 460 g/mol. The van der Waals surface area contributed by atoms with Crippen molar-refractivity contribution in [1.29, 1.82) is 0 Å². The van der Waals surface area contributed by atoms with E-state index in [1.807, 2.05) is 18.2 Å². The Balaban J connectivity index is 1.57. The van der Waals surface area contributed by atoms with Crippen molar-refractivity contribution in [3.63, 3.8) is 0 Å². The number of anilines is 1. The molecule has 0 atom stereocenters. The number of hydrogen-bond acceptors (Lipinski definition) is 3. The predicted octanol–water partition coefficient (Wildman–Crippen LogP) is 6.02. The molecule has 0 aliphatic heterocycles. The highest BCUT2D eigenvalue weighted by molar-refractivity contribution is 9.10. The molecule has 0 bridgehead atoms. The molecule has 0 unspecified atom stereocenters. The van der Waals surface area contributed by atoms with Crippen molar-refractivity contribution in [2.75, 3.05) is 5.32 Å². The van der Waals surface area contributed by atoms with Crippen molar-refractivity contribution in [3.05, 3.63) is 87.9 Å². The lowest BCUT2D eigenvalue weighted by molar-refractivity contribution is 0.0977. The van der Waals surface area contributed by atoms with Gasteiger partial charge in [-0.25, -0.2) is 0 Å². The normalized spacial score (nSPS) is 10.1. The van der Waals surface area contributed by atoms with E-state index < -0.39 is 0 Å². The number of thiocarbonyl (C=S) groups is 1. The van der Waals surface area contributed by atoms with Crippen LogP contribution in [0.1, 0.15) is 10.4 Å². The summed E-state index contributed by atoms with van der Waals surface area (Å²) in [5, 5.41) is 6.49. The van der Waals surface area contributed by atoms with E-state index in [0.717, 1.165) is 5.69 Å². The van der Waals surface area contributed by atoms with Crippen LogP contribution in [-0.4, -0.2) is 11.0 Å². The third-order valence-electron chi connectivity index (χ3n) is 3.51. The van der Waals surface area contributed by atoms with Crippen LogP contribution in [0.25, 0.3) is 0 Å². The van der Waals surface area contributed by atoms with Gasteiger partial charge in [-0.05, 0) is 88.8 Å². The highest BCUT2D eigenvalue weighted by atomic mass is 79.9. The average molecular weight is 462 g/mol. The summed E-state index contributed by atoms with van der Waals surface area (Å²) in [7, 11) is 0. The number of amides is 1. The van der Waals surface area contributed by atoms with E-state index in [0.29, 0.717) is 26.6 Å². The average Bonchev–Trinajstić information content (AvgIpc) is 2.65. The van der Waals surface area contributed by atoms with E-state index in [1.54, 1.807) is 54.6 Å². The zero-order chi connectivity index (χ0) is 19.2. The Hall–Kier alpha value is -2.41. The van der Waals surface area contributed by atoms with Gasteiger partial charge in [0, 0.05) is 15.2 Å². The summed E-state index contributed by atoms with van der Waals surface area (Å²) < 4.78 is 6.44. The van der Waals surface area contributed by atoms with Crippen molar-refractivity contribution in [2.45, 2.75) is 0 Å². The fraction of sp³-hybridized carbons (Fsp3) is 0. The van der Waals surface area contributed by atoms with Crippen molar-refractivity contribution < 1.29 is 9.53 Å². The maximum Gasteiger partial charge on any atom is 0.258 e. The number of hydrogen-bond donors (Lipinski definition) is 2. The molecule has 0 radical (unpaired) electrons. The van der Waals surface area contributed by atoms with E-state index in [2.05, 4.69) is 26.6 Å². The Labute approximate surface area is 175 Å². The molecule has 0 aliphatic rings. The molecule has 0 saturated heterocycles. The number of carbonyl (C=O) groups is 1. The summed E-state index contributed by atoms with van der Waals surface area (Å²) in [4.78, 5) is 12.2. The maximum absolute atomic E-state index is 12.2. The maximum atomic E-state index is 12.2. The number of nitrogens with one attached hydrogen (secondary N) is 2. The van der Waals surface area contributed by atoms with Crippen molar-refractivity contribution >= 4 is 56.5 Å². The zero-order valence-corrected chi connectivity index (χ0v) is 17.1. The third-order valence-corrected chi connectivity index (χ3v) is 4.65. The van der Waals surface area contributed by atoms with E-state index in [9.17, 15) is 4.79 Å². The van der Waals surface area contributed by atoms with E-state index >= 15 is 0 Å². The smallest absolute Gasteiger partial charge is 0.258 e. The lowest BCUT2D eigenvalue weighted by Crippen LogP contribution is -2.34. The van der Waals surface area contributed by atoms with Gasteiger partial charge in [0.05, 0.1) is 5.56 Å². The first-order valence-electron chi connectivity index (χ1n) is 7.91. The van der Waals surface area contributed by atoms with Crippen LogP contribution in [0.15, 0.2) is 77.3 Å². The molecule has 0 aliphatic carbocycles. The van der Waals surface area contributed by atoms with Crippen LogP contribution in [0, 0.1) is 0 Å². The van der Waals surface area contributed by atoms with Gasteiger partial charge in [0.15, 0.2) is 5.11 Å². The minimum atomic E-state index is -0.289. The van der Waals surface area contributed by atoms with Gasteiger partial charge in [-0.1, -0.05) is 23.7 Å². The highest BCUT2D eigenvalue weighted by Gasteiger charge is 2.11. The number of halogens is 2. The van der Waals surface area contributed by atoms with Crippen LogP contribution in [0.2, 0.25) is 5.02 Å². The molecular weight excluding hydrogens is 448 g/mol. The second kappa shape index (κ2) is 8.99. The fourth-order valence-electron chi connectivity index (χ4n) is 2.22. The Morgan fingerprint density at radius 3 is 2.15 bits per heavy atom. The molecule has 0 spiro atoms. The minimum Gasteiger partial charge on any atom is -0.457 e. The van der Waals surface area contributed by atoms with E-state index in [-0.39, 0.29) is 11.0 Å². The minimum absolute atomic E-state index is 0.210. The molecule has 0 heterocycles. The number of rotatable bonds is 4. The Kier molecular flexibility index (Phi) is 6.45. The van der Waals surface area contributed by atoms with Gasteiger partial charge in [0.1, 0.15) is 11.5 Å². The second-order valence-electron chi connectivity index (χ2n) is 5.47. The molecule has 136 valence electrons. The van der Waals surface area contributed by atoms with Crippen LogP contribution in [0.4, 0.5) is 5.69 Å². The molecule has 27 heavy (non-hydrogen) atoms. The Morgan fingerprint density at radius 1 is 0.926 bits per heavy atom. The molecule has 3 rings (SSSR count). The first-order chi connectivity index (χ1) is 13.0.